The van der Waals surface area contributed by atoms with Crippen molar-refractivity contribution >= 4 is 40.5 Å². The van der Waals surface area contributed by atoms with E-state index in [1.165, 1.54) is 34.7 Å². The van der Waals surface area contributed by atoms with E-state index in [4.69, 9.17) is 5.84 Å². The molecule has 2 aromatic carbocycles. The number of nitrogen functional groups attached to an aromatic ring is 1. The number of nitrogens with zero attached hydrogens (tertiary/aromatic N) is 3. The van der Waals surface area contributed by atoms with Gasteiger partial charge >= 0.3 is 0 Å². The van der Waals surface area contributed by atoms with Crippen molar-refractivity contribution < 1.29 is 9.59 Å². The number of hydrogen-bond donors (Lipinski definition) is 2. The SMILES string of the molecule is CC(=O)c1cccc(NC(=O)C(Sc2nnc(-c3cccs3)n2N)c2ccccc2)c1. The highest BCUT2D eigenvalue weighted by Gasteiger charge is 2.26. The molecule has 0 spiro atoms. The maximum Gasteiger partial charge on any atom is 0.242 e. The zero-order valence-corrected chi connectivity index (χ0v) is 18.2. The van der Waals surface area contributed by atoms with Crippen LogP contribution in [0.4, 0.5) is 5.69 Å². The Kier molecular flexibility index (Phi) is 6.15. The molecule has 2 heterocycles. The van der Waals surface area contributed by atoms with Crippen molar-refractivity contribution in [1.82, 2.24) is 14.9 Å². The number of carbonyl (C=O) groups excluding carboxylic acids is 2. The van der Waals surface area contributed by atoms with Crippen LogP contribution < -0.4 is 11.2 Å². The van der Waals surface area contributed by atoms with Crippen LogP contribution in [0.1, 0.15) is 28.1 Å². The monoisotopic (exact) mass is 449 g/mol. The maximum absolute atomic E-state index is 13.2. The van der Waals surface area contributed by atoms with E-state index >= 15 is 0 Å². The Bertz CT molecular complexity index is 1210. The van der Waals surface area contributed by atoms with Crippen molar-refractivity contribution in [2.45, 2.75) is 17.3 Å². The lowest BCUT2D eigenvalue weighted by Crippen LogP contribution is -2.20. The summed E-state index contributed by atoms with van der Waals surface area (Å²) in [7, 11) is 0. The second-order valence-corrected chi connectivity index (χ2v) is 8.71. The molecule has 1 atom stereocenters. The van der Waals surface area contributed by atoms with Gasteiger partial charge in [0.05, 0.1) is 4.88 Å². The minimum absolute atomic E-state index is 0.0672. The van der Waals surface area contributed by atoms with E-state index < -0.39 is 5.25 Å². The molecule has 4 aromatic rings. The molecule has 1 amide bonds. The third-order valence-electron chi connectivity index (χ3n) is 4.51. The quantitative estimate of drug-likeness (QED) is 0.246. The fourth-order valence-electron chi connectivity index (χ4n) is 2.96. The number of anilines is 1. The van der Waals surface area contributed by atoms with Gasteiger partial charge in [-0.05, 0) is 36.1 Å². The van der Waals surface area contributed by atoms with Crippen molar-refractivity contribution in [3.05, 3.63) is 83.2 Å². The van der Waals surface area contributed by atoms with Crippen molar-refractivity contribution in [2.24, 2.45) is 0 Å². The van der Waals surface area contributed by atoms with Crippen LogP contribution in [0.3, 0.4) is 0 Å². The smallest absolute Gasteiger partial charge is 0.242 e. The molecule has 3 N–H and O–H groups in total. The number of aromatic nitrogens is 3. The Morgan fingerprint density at radius 2 is 1.87 bits per heavy atom. The van der Waals surface area contributed by atoms with E-state index in [1.807, 2.05) is 47.8 Å². The van der Waals surface area contributed by atoms with Crippen molar-refractivity contribution in [3.8, 4) is 10.7 Å². The van der Waals surface area contributed by atoms with Gasteiger partial charge in [0.1, 0.15) is 5.25 Å². The van der Waals surface area contributed by atoms with Crippen molar-refractivity contribution in [2.75, 3.05) is 11.2 Å². The molecule has 0 aliphatic rings. The minimum Gasteiger partial charge on any atom is -0.335 e. The van der Waals surface area contributed by atoms with Gasteiger partial charge in [0.25, 0.3) is 0 Å². The number of rotatable bonds is 7. The van der Waals surface area contributed by atoms with Crippen LogP contribution in [-0.2, 0) is 4.79 Å². The van der Waals surface area contributed by atoms with Crippen LogP contribution in [0.5, 0.6) is 0 Å². The van der Waals surface area contributed by atoms with Gasteiger partial charge in [0.15, 0.2) is 11.6 Å². The summed E-state index contributed by atoms with van der Waals surface area (Å²) in [6.45, 7) is 1.49. The fourth-order valence-corrected chi connectivity index (χ4v) is 4.62. The van der Waals surface area contributed by atoms with Gasteiger partial charge in [-0.25, -0.2) is 4.68 Å². The number of carbonyl (C=O) groups is 2. The zero-order chi connectivity index (χ0) is 21.8. The number of Topliss-reactive ketones (excluding diaryl/α,β-unsaturated/α-hetero) is 1. The number of thioether (sulfide) groups is 1. The molecular formula is C22H19N5O2S2. The van der Waals surface area contributed by atoms with Crippen molar-refractivity contribution in [3.63, 3.8) is 0 Å². The van der Waals surface area contributed by atoms with Crippen LogP contribution in [0.25, 0.3) is 10.7 Å². The molecule has 0 aliphatic heterocycles. The van der Waals surface area contributed by atoms with E-state index in [1.54, 1.807) is 24.3 Å². The molecule has 0 saturated heterocycles. The molecule has 4 rings (SSSR count). The van der Waals surface area contributed by atoms with Crippen LogP contribution in [0, 0.1) is 0 Å². The standard InChI is InChI=1S/C22H19N5O2S2/c1-14(28)16-9-5-10-17(13-16)24-21(29)19(15-7-3-2-4-8-15)31-22-26-25-20(27(22)23)18-11-6-12-30-18/h2-13,19H,23H2,1H3,(H,24,29). The predicted molar refractivity (Wildman–Crippen MR) is 124 cm³/mol. The van der Waals surface area contributed by atoms with E-state index in [0.29, 0.717) is 22.2 Å². The fraction of sp³-hybridized carbons (Fsp3) is 0.0909. The number of nitrogens with two attached hydrogens (primary N) is 1. The molecule has 0 radical (unpaired) electrons. The van der Waals surface area contributed by atoms with Gasteiger partial charge in [0, 0.05) is 11.3 Å². The first-order valence-electron chi connectivity index (χ1n) is 9.41. The number of ketones is 1. The third-order valence-corrected chi connectivity index (χ3v) is 6.58. The van der Waals surface area contributed by atoms with E-state index in [2.05, 4.69) is 15.5 Å². The van der Waals surface area contributed by atoms with Gasteiger partial charge in [-0.1, -0.05) is 60.3 Å². The summed E-state index contributed by atoms with van der Waals surface area (Å²) in [4.78, 5) is 25.8. The van der Waals surface area contributed by atoms with Gasteiger partial charge in [-0.15, -0.1) is 21.5 Å². The van der Waals surface area contributed by atoms with Gasteiger partial charge in [0.2, 0.25) is 11.1 Å². The first kappa shape index (κ1) is 20.8. The van der Waals surface area contributed by atoms with Gasteiger partial charge in [-0.2, -0.15) is 0 Å². The Balaban J connectivity index is 1.62. The topological polar surface area (TPSA) is 103 Å². The average Bonchev–Trinajstić information content (AvgIpc) is 3.42. The van der Waals surface area contributed by atoms with Crippen LogP contribution in [0.15, 0.2) is 77.3 Å². The summed E-state index contributed by atoms with van der Waals surface area (Å²) in [5, 5.41) is 13.0. The Labute approximate surface area is 187 Å². The minimum atomic E-state index is -0.620. The van der Waals surface area contributed by atoms with Gasteiger partial charge in [-0.3, -0.25) is 9.59 Å². The summed E-state index contributed by atoms with van der Waals surface area (Å²) >= 11 is 2.73. The summed E-state index contributed by atoms with van der Waals surface area (Å²) in [6.07, 6.45) is 0. The Hall–Kier alpha value is -3.43. The van der Waals surface area contributed by atoms with Crippen LogP contribution >= 0.6 is 23.1 Å². The second kappa shape index (κ2) is 9.15. The lowest BCUT2D eigenvalue weighted by molar-refractivity contribution is -0.115. The van der Waals surface area contributed by atoms with E-state index in [0.717, 1.165) is 10.4 Å². The number of nitrogens with one attached hydrogen (secondary N) is 1. The predicted octanol–water partition coefficient (Wildman–Crippen LogP) is 4.40. The van der Waals surface area contributed by atoms with E-state index in [-0.39, 0.29) is 11.7 Å². The summed E-state index contributed by atoms with van der Waals surface area (Å²) in [5.41, 5.74) is 1.88. The molecule has 0 saturated carbocycles. The normalized spacial score (nSPS) is 11.8. The molecule has 0 bridgehead atoms. The highest BCUT2D eigenvalue weighted by atomic mass is 32.2. The Morgan fingerprint density at radius 3 is 2.58 bits per heavy atom. The van der Waals surface area contributed by atoms with Crippen molar-refractivity contribution in [1.29, 1.82) is 0 Å². The second-order valence-electron chi connectivity index (χ2n) is 6.69. The lowest BCUT2D eigenvalue weighted by Gasteiger charge is -2.16. The molecular weight excluding hydrogens is 430 g/mol. The molecule has 31 heavy (non-hydrogen) atoms. The highest BCUT2D eigenvalue weighted by molar-refractivity contribution is 8.00. The molecule has 7 nitrogen and oxygen atoms in total. The number of amides is 1. The van der Waals surface area contributed by atoms with Crippen LogP contribution in [-0.4, -0.2) is 26.6 Å². The van der Waals surface area contributed by atoms with E-state index in [9.17, 15) is 9.59 Å². The number of thiophene rings is 1. The van der Waals surface area contributed by atoms with Crippen LogP contribution in [0.2, 0.25) is 0 Å². The average molecular weight is 450 g/mol. The number of hydrogen-bond acceptors (Lipinski definition) is 7. The lowest BCUT2D eigenvalue weighted by atomic mass is 10.1. The molecule has 0 aliphatic carbocycles. The third kappa shape index (κ3) is 4.68. The maximum atomic E-state index is 13.2. The number of benzene rings is 2. The molecule has 156 valence electrons. The first-order valence-corrected chi connectivity index (χ1v) is 11.2. The zero-order valence-electron chi connectivity index (χ0n) is 16.6. The summed E-state index contributed by atoms with van der Waals surface area (Å²) in [5.74, 6) is 6.46. The molecule has 2 aromatic heterocycles. The highest BCUT2D eigenvalue weighted by Crippen LogP contribution is 2.36. The largest absolute Gasteiger partial charge is 0.335 e. The molecule has 0 fully saturated rings. The van der Waals surface area contributed by atoms with Gasteiger partial charge < -0.3 is 11.2 Å². The first-order chi connectivity index (χ1) is 15.0. The summed E-state index contributed by atoms with van der Waals surface area (Å²) < 4.78 is 1.40. The summed E-state index contributed by atoms with van der Waals surface area (Å²) in [6, 6.07) is 20.1. The molecule has 9 heteroatoms. The molecule has 1 unspecified atom stereocenters. The Morgan fingerprint density at radius 1 is 1.06 bits per heavy atom.